The minimum atomic E-state index is -0.620. The Morgan fingerprint density at radius 2 is 1.82 bits per heavy atom. The molecule has 2 aliphatic carbocycles. The first-order valence-electron chi connectivity index (χ1n) is 13.3. The molecular formula is C27H34FN7O3. The van der Waals surface area contributed by atoms with Gasteiger partial charge in [0.25, 0.3) is 5.91 Å². The number of hydrogen-bond acceptors (Lipinski definition) is 8. The zero-order valence-electron chi connectivity index (χ0n) is 21.7. The summed E-state index contributed by atoms with van der Waals surface area (Å²) in [5.41, 5.74) is 1.56. The molecule has 3 aromatic rings. The van der Waals surface area contributed by atoms with Crippen LogP contribution in [0.2, 0.25) is 0 Å². The highest BCUT2D eigenvalue weighted by Crippen LogP contribution is 2.32. The highest BCUT2D eigenvalue weighted by molar-refractivity contribution is 6.03. The number of esters is 1. The van der Waals surface area contributed by atoms with Crippen LogP contribution < -0.4 is 16.0 Å². The Balaban J connectivity index is 1.28. The summed E-state index contributed by atoms with van der Waals surface area (Å²) in [5.74, 6) is 0.0344. The monoisotopic (exact) mass is 523 g/mol. The second kappa shape index (κ2) is 11.3. The SMILES string of the molecule is CC(C)COC(=O)CC1CCC(Nc2cc(NC3CC3)c3ncc(C(=O)Nc4ccncc4F)n3n2)CC1. The van der Waals surface area contributed by atoms with Crippen LogP contribution in [0.15, 0.2) is 30.7 Å². The third kappa shape index (κ3) is 6.38. The van der Waals surface area contributed by atoms with E-state index in [1.165, 1.54) is 23.0 Å². The highest BCUT2D eigenvalue weighted by Gasteiger charge is 2.27. The van der Waals surface area contributed by atoms with Crippen LogP contribution in [-0.2, 0) is 9.53 Å². The summed E-state index contributed by atoms with van der Waals surface area (Å²) in [7, 11) is 0. The Morgan fingerprint density at radius 1 is 1.08 bits per heavy atom. The molecule has 11 heteroatoms. The van der Waals surface area contributed by atoms with E-state index in [-0.39, 0.29) is 23.4 Å². The maximum atomic E-state index is 14.1. The predicted octanol–water partition coefficient (Wildman–Crippen LogP) is 4.65. The summed E-state index contributed by atoms with van der Waals surface area (Å²) in [4.78, 5) is 33.3. The van der Waals surface area contributed by atoms with E-state index in [4.69, 9.17) is 4.74 Å². The second-order valence-corrected chi connectivity index (χ2v) is 10.7. The number of pyridine rings is 1. The normalized spacial score (nSPS) is 19.4. The van der Waals surface area contributed by atoms with Gasteiger partial charge in [0.2, 0.25) is 0 Å². The van der Waals surface area contributed by atoms with Gasteiger partial charge in [0.15, 0.2) is 17.2 Å². The first-order valence-corrected chi connectivity index (χ1v) is 13.3. The molecule has 202 valence electrons. The Labute approximate surface area is 220 Å². The van der Waals surface area contributed by atoms with Crippen molar-refractivity contribution in [2.75, 3.05) is 22.6 Å². The average Bonchev–Trinajstić information content (AvgIpc) is 3.60. The van der Waals surface area contributed by atoms with Crippen molar-refractivity contribution >= 4 is 34.7 Å². The van der Waals surface area contributed by atoms with E-state index in [0.29, 0.717) is 42.4 Å². The van der Waals surface area contributed by atoms with Gasteiger partial charge in [0, 0.05) is 30.8 Å². The molecule has 2 aliphatic rings. The number of imidazole rings is 1. The van der Waals surface area contributed by atoms with Crippen molar-refractivity contribution in [2.45, 2.75) is 70.9 Å². The third-order valence-corrected chi connectivity index (χ3v) is 6.89. The van der Waals surface area contributed by atoms with Crippen molar-refractivity contribution in [2.24, 2.45) is 11.8 Å². The first kappa shape index (κ1) is 25.9. The van der Waals surface area contributed by atoms with Gasteiger partial charge in [-0.05, 0) is 56.4 Å². The number of rotatable bonds is 10. The summed E-state index contributed by atoms with van der Waals surface area (Å²) in [6, 6.07) is 3.90. The van der Waals surface area contributed by atoms with Crippen molar-refractivity contribution in [3.63, 3.8) is 0 Å². The lowest BCUT2D eigenvalue weighted by Crippen LogP contribution is -2.28. The quantitative estimate of drug-likeness (QED) is 0.328. The summed E-state index contributed by atoms with van der Waals surface area (Å²) < 4.78 is 20.9. The summed E-state index contributed by atoms with van der Waals surface area (Å²) in [6.07, 6.45) is 10.2. The topological polar surface area (TPSA) is 123 Å². The van der Waals surface area contributed by atoms with Crippen LogP contribution >= 0.6 is 0 Å². The molecule has 2 fully saturated rings. The van der Waals surface area contributed by atoms with E-state index in [1.807, 2.05) is 19.9 Å². The number of hydrogen-bond donors (Lipinski definition) is 3. The summed E-state index contributed by atoms with van der Waals surface area (Å²) >= 11 is 0. The molecule has 0 spiro atoms. The van der Waals surface area contributed by atoms with Crippen molar-refractivity contribution in [3.8, 4) is 0 Å². The van der Waals surface area contributed by atoms with Gasteiger partial charge in [-0.2, -0.15) is 0 Å². The lowest BCUT2D eigenvalue weighted by Gasteiger charge is -2.29. The molecule has 0 bridgehead atoms. The fourth-order valence-corrected chi connectivity index (χ4v) is 4.68. The number of halogens is 1. The molecule has 0 aliphatic heterocycles. The molecule has 3 aromatic heterocycles. The average molecular weight is 524 g/mol. The smallest absolute Gasteiger partial charge is 0.306 e. The van der Waals surface area contributed by atoms with Gasteiger partial charge in [-0.1, -0.05) is 13.8 Å². The zero-order chi connectivity index (χ0) is 26.6. The largest absolute Gasteiger partial charge is 0.465 e. The number of fused-ring (bicyclic) bond motifs is 1. The zero-order valence-corrected chi connectivity index (χ0v) is 21.7. The number of nitrogens with one attached hydrogen (secondary N) is 3. The highest BCUT2D eigenvalue weighted by atomic mass is 19.1. The molecule has 0 radical (unpaired) electrons. The van der Waals surface area contributed by atoms with E-state index in [2.05, 4.69) is 31.0 Å². The maximum Gasteiger partial charge on any atom is 0.306 e. The Morgan fingerprint density at radius 3 is 2.53 bits per heavy atom. The van der Waals surface area contributed by atoms with Gasteiger partial charge in [-0.3, -0.25) is 14.6 Å². The molecule has 3 heterocycles. The predicted molar refractivity (Wildman–Crippen MR) is 142 cm³/mol. The minimum Gasteiger partial charge on any atom is -0.465 e. The van der Waals surface area contributed by atoms with Crippen LogP contribution in [-0.4, -0.2) is 50.1 Å². The van der Waals surface area contributed by atoms with E-state index in [1.54, 1.807) is 0 Å². The van der Waals surface area contributed by atoms with Gasteiger partial charge in [0.1, 0.15) is 5.82 Å². The van der Waals surface area contributed by atoms with Crippen LogP contribution in [0.4, 0.5) is 21.6 Å². The molecule has 0 atom stereocenters. The fourth-order valence-electron chi connectivity index (χ4n) is 4.68. The van der Waals surface area contributed by atoms with Gasteiger partial charge in [0.05, 0.1) is 30.4 Å². The molecule has 10 nitrogen and oxygen atoms in total. The number of aromatic nitrogens is 4. The number of carbonyl (C=O) groups excluding carboxylic acids is 2. The Hall–Kier alpha value is -3.76. The van der Waals surface area contributed by atoms with E-state index in [9.17, 15) is 14.0 Å². The second-order valence-electron chi connectivity index (χ2n) is 10.7. The maximum absolute atomic E-state index is 14.1. The number of ether oxygens (including phenoxy) is 1. The molecule has 2 saturated carbocycles. The molecule has 1 amide bonds. The van der Waals surface area contributed by atoms with Crippen molar-refractivity contribution in [1.82, 2.24) is 19.6 Å². The molecule has 0 unspecified atom stereocenters. The molecular weight excluding hydrogens is 489 g/mol. The number of nitrogens with zero attached hydrogens (tertiary/aromatic N) is 4. The van der Waals surface area contributed by atoms with Crippen LogP contribution in [0.1, 0.15) is 69.3 Å². The van der Waals surface area contributed by atoms with Crippen molar-refractivity contribution < 1.29 is 18.7 Å². The first-order chi connectivity index (χ1) is 18.4. The third-order valence-electron chi connectivity index (χ3n) is 6.89. The fraction of sp³-hybridized carbons (Fsp3) is 0.519. The lowest BCUT2D eigenvalue weighted by atomic mass is 9.84. The van der Waals surface area contributed by atoms with Gasteiger partial charge >= 0.3 is 5.97 Å². The lowest BCUT2D eigenvalue weighted by molar-refractivity contribution is -0.146. The number of anilines is 3. The van der Waals surface area contributed by atoms with Crippen molar-refractivity contribution in [1.29, 1.82) is 0 Å². The van der Waals surface area contributed by atoms with Crippen LogP contribution in [0.3, 0.4) is 0 Å². The Kier molecular flexibility index (Phi) is 7.71. The molecule has 5 rings (SSSR count). The standard InChI is InChI=1S/C27H34FN7O3/c1-16(2)15-38-25(36)11-17-3-5-19(6-4-17)32-24-12-22(31-18-7-8-18)26-30-14-23(35(26)34-24)27(37)33-21-9-10-29-13-20(21)28/h9-10,12-14,16-19,31H,3-8,11,15H2,1-2H3,(H,32,34)(H,29,33,37). The van der Waals surface area contributed by atoms with E-state index >= 15 is 0 Å². The Bertz CT molecular complexity index is 1300. The van der Waals surface area contributed by atoms with Gasteiger partial charge < -0.3 is 20.7 Å². The van der Waals surface area contributed by atoms with Gasteiger partial charge in [-0.25, -0.2) is 13.9 Å². The molecule has 3 N–H and O–H groups in total. The van der Waals surface area contributed by atoms with E-state index < -0.39 is 11.7 Å². The van der Waals surface area contributed by atoms with Crippen LogP contribution in [0.5, 0.6) is 0 Å². The molecule has 0 aromatic carbocycles. The minimum absolute atomic E-state index is 0.0374. The van der Waals surface area contributed by atoms with Crippen molar-refractivity contribution in [3.05, 3.63) is 42.2 Å². The molecule has 38 heavy (non-hydrogen) atoms. The summed E-state index contributed by atoms with van der Waals surface area (Å²) in [5, 5.41) is 14.3. The number of amides is 1. The van der Waals surface area contributed by atoms with Gasteiger partial charge in [-0.15, -0.1) is 5.10 Å². The molecule has 0 saturated heterocycles. The summed E-state index contributed by atoms with van der Waals surface area (Å²) in [6.45, 7) is 4.52. The number of carbonyl (C=O) groups is 2. The van der Waals surface area contributed by atoms with E-state index in [0.717, 1.165) is 50.4 Å². The van der Waals surface area contributed by atoms with Crippen LogP contribution in [0, 0.1) is 17.7 Å². The van der Waals surface area contributed by atoms with Crippen LogP contribution in [0.25, 0.3) is 5.65 Å².